The number of rotatable bonds is 11. The molecule has 0 amide bonds. The second kappa shape index (κ2) is 12.7. The van der Waals surface area contributed by atoms with Crippen molar-refractivity contribution in [2.45, 2.75) is 43.7 Å². The van der Waals surface area contributed by atoms with E-state index in [9.17, 15) is 5.11 Å². The molecule has 3 atom stereocenters. The number of likely N-dealkylation sites (tertiary alicyclic amines) is 1. The zero-order chi connectivity index (χ0) is 24.6. The van der Waals surface area contributed by atoms with E-state index < -0.39 is 6.17 Å². The first-order valence-electron chi connectivity index (χ1n) is 12.7. The van der Waals surface area contributed by atoms with Crippen LogP contribution in [0, 0.1) is 18.8 Å². The van der Waals surface area contributed by atoms with Gasteiger partial charge in [-0.15, -0.1) is 11.8 Å². The summed E-state index contributed by atoms with van der Waals surface area (Å²) in [7, 11) is 1.62. The topological polar surface area (TPSA) is 45.6 Å². The Balaban J connectivity index is 1.26. The van der Waals surface area contributed by atoms with Crippen LogP contribution in [0.5, 0.6) is 5.75 Å². The Morgan fingerprint density at radius 1 is 1.20 bits per heavy atom. The lowest BCUT2D eigenvalue weighted by Gasteiger charge is -2.38. The van der Waals surface area contributed by atoms with E-state index >= 15 is 4.39 Å². The molecule has 1 aliphatic heterocycles. The highest BCUT2D eigenvalue weighted by molar-refractivity contribution is 7.99. The summed E-state index contributed by atoms with van der Waals surface area (Å²) >= 11 is 1.91. The molecule has 4 rings (SSSR count). The van der Waals surface area contributed by atoms with Crippen molar-refractivity contribution in [3.63, 3.8) is 0 Å². The molecule has 0 radical (unpaired) electrons. The molecule has 2 heterocycles. The molecule has 1 N–H and O–H groups in total. The molecule has 1 aliphatic rings. The summed E-state index contributed by atoms with van der Waals surface area (Å²) in [5, 5.41) is 10.9. The van der Waals surface area contributed by atoms with E-state index in [1.54, 1.807) is 19.4 Å². The molecular weight excluding hydrogens is 459 g/mol. The lowest BCUT2D eigenvalue weighted by atomic mass is 9.81. The van der Waals surface area contributed by atoms with E-state index in [0.29, 0.717) is 23.7 Å². The number of alkyl halides is 1. The van der Waals surface area contributed by atoms with Crippen LogP contribution in [0.2, 0.25) is 0 Å². The van der Waals surface area contributed by atoms with Gasteiger partial charge in [0.1, 0.15) is 11.9 Å². The maximum absolute atomic E-state index is 15.4. The third kappa shape index (κ3) is 6.96. The number of pyridine rings is 1. The first-order valence-corrected chi connectivity index (χ1v) is 13.7. The van der Waals surface area contributed by atoms with Gasteiger partial charge in [0.2, 0.25) is 0 Å². The van der Waals surface area contributed by atoms with Crippen LogP contribution in [0.3, 0.4) is 0 Å². The zero-order valence-electron chi connectivity index (χ0n) is 20.8. The third-order valence-corrected chi connectivity index (χ3v) is 8.28. The van der Waals surface area contributed by atoms with Gasteiger partial charge >= 0.3 is 0 Å². The Kier molecular flexibility index (Phi) is 9.41. The molecule has 1 fully saturated rings. The lowest BCUT2D eigenvalue weighted by molar-refractivity contribution is 0.0640. The van der Waals surface area contributed by atoms with Crippen LogP contribution in [0.25, 0.3) is 10.9 Å². The Bertz CT molecular complexity index is 1100. The normalized spacial score (nSPS) is 19.7. The van der Waals surface area contributed by atoms with E-state index in [0.717, 1.165) is 55.6 Å². The summed E-state index contributed by atoms with van der Waals surface area (Å²) in [5.41, 5.74) is 2.77. The van der Waals surface area contributed by atoms with Crippen molar-refractivity contribution < 1.29 is 14.2 Å². The van der Waals surface area contributed by atoms with Crippen LogP contribution >= 0.6 is 11.8 Å². The molecule has 2 aromatic carbocycles. The Hall–Kier alpha value is -2.15. The second-order valence-electron chi connectivity index (χ2n) is 9.64. The van der Waals surface area contributed by atoms with Crippen molar-refractivity contribution in [3.05, 3.63) is 65.9 Å². The molecule has 35 heavy (non-hydrogen) atoms. The second-order valence-corrected chi connectivity index (χ2v) is 10.8. The molecule has 1 saturated heterocycles. The number of methoxy groups -OCH3 is 1. The van der Waals surface area contributed by atoms with Crippen molar-refractivity contribution in [2.75, 3.05) is 39.1 Å². The van der Waals surface area contributed by atoms with Gasteiger partial charge in [-0.1, -0.05) is 17.7 Å². The number of ether oxygens (including phenoxy) is 1. The van der Waals surface area contributed by atoms with Gasteiger partial charge in [0.15, 0.2) is 0 Å². The maximum Gasteiger partial charge on any atom is 0.126 e. The number of hydrogen-bond acceptors (Lipinski definition) is 5. The number of fused-ring (bicyclic) bond motifs is 1. The number of halogens is 1. The number of nitrogens with zero attached hydrogens (tertiary/aromatic N) is 2. The van der Waals surface area contributed by atoms with Crippen molar-refractivity contribution in [2.24, 2.45) is 11.8 Å². The summed E-state index contributed by atoms with van der Waals surface area (Å²) in [6, 6.07) is 16.0. The Morgan fingerprint density at radius 3 is 2.89 bits per heavy atom. The molecule has 188 valence electrons. The van der Waals surface area contributed by atoms with E-state index in [1.807, 2.05) is 30.0 Å². The van der Waals surface area contributed by atoms with E-state index in [-0.39, 0.29) is 12.5 Å². The summed E-state index contributed by atoms with van der Waals surface area (Å²) < 4.78 is 20.7. The molecule has 3 aromatic rings. The highest BCUT2D eigenvalue weighted by Crippen LogP contribution is 2.35. The number of piperidine rings is 1. The van der Waals surface area contributed by atoms with E-state index in [2.05, 4.69) is 41.1 Å². The number of hydrogen-bond donors (Lipinski definition) is 1. The molecule has 0 bridgehead atoms. The minimum atomic E-state index is -1.05. The van der Waals surface area contributed by atoms with Gasteiger partial charge in [-0.25, -0.2) is 4.39 Å². The first-order chi connectivity index (χ1) is 17.1. The largest absolute Gasteiger partial charge is 0.497 e. The van der Waals surface area contributed by atoms with E-state index in [4.69, 9.17) is 4.74 Å². The molecule has 0 spiro atoms. The average molecular weight is 497 g/mol. The standard InChI is InChI=1S/C29H37FN2O2S/c1-21-5-3-6-25(17-21)35-16-4-14-32-15-12-22(23(19-32)20-33)7-9-28(30)26-11-13-31-29-10-8-24(34-2)18-27(26)29/h3,5-6,8,10-11,13,17-18,22-23,28,33H,4,7,9,12,14-16,19-20H2,1-2H3/t22-,23-,28-/m1/s1. The number of thioether (sulfide) groups is 1. The van der Waals surface area contributed by atoms with Crippen LogP contribution in [0.1, 0.15) is 43.0 Å². The zero-order valence-corrected chi connectivity index (χ0v) is 21.6. The average Bonchev–Trinajstić information content (AvgIpc) is 2.89. The van der Waals surface area contributed by atoms with Gasteiger partial charge < -0.3 is 14.7 Å². The van der Waals surface area contributed by atoms with Gasteiger partial charge in [-0.2, -0.15) is 0 Å². The molecule has 0 saturated carbocycles. The van der Waals surface area contributed by atoms with Crippen molar-refractivity contribution in [1.82, 2.24) is 9.88 Å². The highest BCUT2D eigenvalue weighted by Gasteiger charge is 2.29. The number of aromatic nitrogens is 1. The van der Waals surface area contributed by atoms with Gasteiger partial charge in [0.25, 0.3) is 0 Å². The van der Waals surface area contributed by atoms with Crippen LogP contribution < -0.4 is 4.74 Å². The summed E-state index contributed by atoms with van der Waals surface area (Å²) in [5.74, 6) is 2.39. The van der Waals surface area contributed by atoms with Crippen molar-refractivity contribution >= 4 is 22.7 Å². The lowest BCUT2D eigenvalue weighted by Crippen LogP contribution is -2.42. The van der Waals surface area contributed by atoms with E-state index in [1.165, 1.54) is 10.5 Å². The quantitative estimate of drug-likeness (QED) is 0.244. The summed E-state index contributed by atoms with van der Waals surface area (Å²) in [6.45, 7) is 5.29. The van der Waals surface area contributed by atoms with Crippen molar-refractivity contribution in [3.8, 4) is 5.75 Å². The third-order valence-electron chi connectivity index (χ3n) is 7.20. The smallest absolute Gasteiger partial charge is 0.126 e. The SMILES string of the molecule is COc1ccc2nccc([C@H](F)CC[C@@H]3CCN(CCCSc4cccc(C)c4)C[C@@H]3CO)c2c1. The highest BCUT2D eigenvalue weighted by atomic mass is 32.2. The molecule has 0 aliphatic carbocycles. The number of aryl methyl sites for hydroxylation is 1. The fraction of sp³-hybridized carbons (Fsp3) is 0.483. The monoisotopic (exact) mass is 496 g/mol. The van der Waals surface area contributed by atoms with Crippen LogP contribution in [-0.2, 0) is 0 Å². The molecule has 4 nitrogen and oxygen atoms in total. The molecular formula is C29H37FN2O2S. The fourth-order valence-electron chi connectivity index (χ4n) is 5.19. The first kappa shape index (κ1) is 25.9. The van der Waals surface area contributed by atoms with Gasteiger partial charge in [-0.3, -0.25) is 4.98 Å². The number of aliphatic hydroxyl groups excluding tert-OH is 1. The summed E-state index contributed by atoms with van der Waals surface area (Å²) in [6.07, 6.45) is 4.04. The van der Waals surface area contributed by atoms with Gasteiger partial charge in [0, 0.05) is 29.6 Å². The Labute approximate surface area is 212 Å². The van der Waals surface area contributed by atoms with Crippen LogP contribution in [0.4, 0.5) is 4.39 Å². The van der Waals surface area contributed by atoms with Crippen LogP contribution in [0.15, 0.2) is 59.6 Å². The molecule has 0 unspecified atom stereocenters. The van der Waals surface area contributed by atoms with Gasteiger partial charge in [-0.05, 0) is 105 Å². The number of aliphatic hydroxyl groups is 1. The minimum absolute atomic E-state index is 0.172. The fourth-order valence-corrected chi connectivity index (χ4v) is 6.15. The predicted molar refractivity (Wildman–Crippen MR) is 143 cm³/mol. The number of benzene rings is 2. The predicted octanol–water partition coefficient (Wildman–Crippen LogP) is 6.46. The Morgan fingerprint density at radius 2 is 2.09 bits per heavy atom. The van der Waals surface area contributed by atoms with Crippen molar-refractivity contribution in [1.29, 1.82) is 0 Å². The summed E-state index contributed by atoms with van der Waals surface area (Å²) in [4.78, 5) is 8.18. The minimum Gasteiger partial charge on any atom is -0.497 e. The molecule has 1 aromatic heterocycles. The molecule has 6 heteroatoms. The van der Waals surface area contributed by atoms with Crippen LogP contribution in [-0.4, -0.2) is 54.1 Å². The van der Waals surface area contributed by atoms with Gasteiger partial charge in [0.05, 0.1) is 12.6 Å². The maximum atomic E-state index is 15.4.